The minimum atomic E-state index is -0.0942. The highest BCUT2D eigenvalue weighted by Crippen LogP contribution is 2.13. The van der Waals surface area contributed by atoms with Crippen LogP contribution in [0.3, 0.4) is 0 Å². The molecule has 0 atom stereocenters. The molecule has 0 aliphatic carbocycles. The van der Waals surface area contributed by atoms with Crippen molar-refractivity contribution in [1.82, 2.24) is 0 Å². The Hall–Kier alpha value is -2.29. The molecule has 1 amide bonds. The molecule has 2 aromatic carbocycles. The number of carbonyl (C=O) groups excluding carboxylic acids is 1. The highest BCUT2D eigenvalue weighted by molar-refractivity contribution is 6.04. The standard InChI is InChI=1S/C15H16N2O/c1-11-4-3-5-14(10-11)17-15(18)12-6-8-13(16-2)9-7-12/h3-10,16H,1-2H3,(H,17,18). The minimum Gasteiger partial charge on any atom is -0.388 e. The molecule has 0 bridgehead atoms. The van der Waals surface area contributed by atoms with Crippen LogP contribution in [-0.2, 0) is 0 Å². The van der Waals surface area contributed by atoms with E-state index in [1.54, 1.807) is 12.1 Å². The quantitative estimate of drug-likeness (QED) is 0.864. The molecule has 0 aliphatic rings. The van der Waals surface area contributed by atoms with Crippen molar-refractivity contribution < 1.29 is 4.79 Å². The molecular formula is C15H16N2O. The Kier molecular flexibility index (Phi) is 3.63. The Morgan fingerprint density at radius 1 is 1.00 bits per heavy atom. The third-order valence-corrected chi connectivity index (χ3v) is 2.71. The van der Waals surface area contributed by atoms with Gasteiger partial charge in [-0.2, -0.15) is 0 Å². The summed E-state index contributed by atoms with van der Waals surface area (Å²) in [5.41, 5.74) is 3.58. The number of nitrogens with one attached hydrogen (secondary N) is 2. The molecule has 0 aromatic heterocycles. The fraction of sp³-hybridized carbons (Fsp3) is 0.133. The fourth-order valence-corrected chi connectivity index (χ4v) is 1.71. The van der Waals surface area contributed by atoms with E-state index in [0.717, 1.165) is 16.9 Å². The van der Waals surface area contributed by atoms with E-state index in [9.17, 15) is 4.79 Å². The molecule has 92 valence electrons. The summed E-state index contributed by atoms with van der Waals surface area (Å²) in [5, 5.41) is 5.90. The van der Waals surface area contributed by atoms with E-state index in [1.807, 2.05) is 50.4 Å². The summed E-state index contributed by atoms with van der Waals surface area (Å²) in [6.07, 6.45) is 0. The lowest BCUT2D eigenvalue weighted by Gasteiger charge is -2.06. The van der Waals surface area contributed by atoms with E-state index < -0.39 is 0 Å². The third kappa shape index (κ3) is 2.88. The highest BCUT2D eigenvalue weighted by atomic mass is 16.1. The van der Waals surface area contributed by atoms with E-state index in [4.69, 9.17) is 0 Å². The van der Waals surface area contributed by atoms with Crippen LogP contribution in [0, 0.1) is 6.92 Å². The van der Waals surface area contributed by atoms with Crippen molar-refractivity contribution in [1.29, 1.82) is 0 Å². The lowest BCUT2D eigenvalue weighted by Crippen LogP contribution is -2.11. The third-order valence-electron chi connectivity index (χ3n) is 2.71. The number of anilines is 2. The van der Waals surface area contributed by atoms with Crippen LogP contribution in [0.1, 0.15) is 15.9 Å². The van der Waals surface area contributed by atoms with Gasteiger partial charge in [-0.15, -0.1) is 0 Å². The van der Waals surface area contributed by atoms with E-state index in [2.05, 4.69) is 10.6 Å². The van der Waals surface area contributed by atoms with Gasteiger partial charge in [-0.25, -0.2) is 0 Å². The maximum absolute atomic E-state index is 12.0. The fourth-order valence-electron chi connectivity index (χ4n) is 1.71. The summed E-state index contributed by atoms with van der Waals surface area (Å²) in [7, 11) is 1.85. The lowest BCUT2D eigenvalue weighted by molar-refractivity contribution is 0.102. The average molecular weight is 240 g/mol. The van der Waals surface area contributed by atoms with E-state index >= 15 is 0 Å². The Morgan fingerprint density at radius 3 is 2.33 bits per heavy atom. The van der Waals surface area contributed by atoms with Crippen LogP contribution in [0.2, 0.25) is 0 Å². The smallest absolute Gasteiger partial charge is 0.255 e. The van der Waals surface area contributed by atoms with Crippen LogP contribution < -0.4 is 10.6 Å². The number of amides is 1. The second-order valence-electron chi connectivity index (χ2n) is 4.15. The van der Waals surface area contributed by atoms with Gasteiger partial charge in [0, 0.05) is 24.0 Å². The predicted octanol–water partition coefficient (Wildman–Crippen LogP) is 3.29. The zero-order valence-corrected chi connectivity index (χ0v) is 10.5. The summed E-state index contributed by atoms with van der Waals surface area (Å²) in [6, 6.07) is 15.1. The zero-order valence-electron chi connectivity index (χ0n) is 10.5. The van der Waals surface area contributed by atoms with E-state index in [0.29, 0.717) is 5.56 Å². The van der Waals surface area contributed by atoms with Gasteiger partial charge in [-0.3, -0.25) is 4.79 Å². The maximum atomic E-state index is 12.0. The van der Waals surface area contributed by atoms with Gasteiger partial charge in [0.15, 0.2) is 0 Å². The maximum Gasteiger partial charge on any atom is 0.255 e. The van der Waals surface area contributed by atoms with E-state index in [1.165, 1.54) is 0 Å². The molecule has 0 radical (unpaired) electrons. The predicted molar refractivity (Wildman–Crippen MR) is 75.1 cm³/mol. The molecule has 3 heteroatoms. The number of hydrogen-bond donors (Lipinski definition) is 2. The largest absolute Gasteiger partial charge is 0.388 e. The lowest BCUT2D eigenvalue weighted by atomic mass is 10.1. The summed E-state index contributed by atoms with van der Waals surface area (Å²) in [6.45, 7) is 2.00. The number of benzene rings is 2. The van der Waals surface area contributed by atoms with Crippen molar-refractivity contribution in [2.75, 3.05) is 17.7 Å². The molecule has 2 rings (SSSR count). The van der Waals surface area contributed by atoms with Crippen molar-refractivity contribution in [2.45, 2.75) is 6.92 Å². The molecule has 2 N–H and O–H groups in total. The number of carbonyl (C=O) groups is 1. The summed E-state index contributed by atoms with van der Waals surface area (Å²) in [4.78, 5) is 12.0. The van der Waals surface area contributed by atoms with Gasteiger partial charge in [0.1, 0.15) is 0 Å². The Morgan fingerprint density at radius 2 is 1.72 bits per heavy atom. The zero-order chi connectivity index (χ0) is 13.0. The first-order valence-corrected chi connectivity index (χ1v) is 5.85. The van der Waals surface area contributed by atoms with E-state index in [-0.39, 0.29) is 5.91 Å². The summed E-state index contributed by atoms with van der Waals surface area (Å²) >= 11 is 0. The van der Waals surface area contributed by atoms with Crippen LogP contribution in [0.4, 0.5) is 11.4 Å². The Bertz CT molecular complexity index is 547. The highest BCUT2D eigenvalue weighted by Gasteiger charge is 2.05. The van der Waals surface area contributed by atoms with Crippen molar-refractivity contribution in [2.24, 2.45) is 0 Å². The first kappa shape index (κ1) is 12.2. The second kappa shape index (κ2) is 5.36. The van der Waals surface area contributed by atoms with Crippen LogP contribution in [-0.4, -0.2) is 13.0 Å². The Balaban J connectivity index is 2.11. The average Bonchev–Trinajstić information content (AvgIpc) is 2.39. The molecular weight excluding hydrogens is 224 g/mol. The molecule has 0 heterocycles. The van der Waals surface area contributed by atoms with Gasteiger partial charge in [-0.1, -0.05) is 12.1 Å². The molecule has 2 aromatic rings. The minimum absolute atomic E-state index is 0.0942. The van der Waals surface area contributed by atoms with Gasteiger partial charge in [-0.05, 0) is 48.9 Å². The number of aryl methyl sites for hydroxylation is 1. The monoisotopic (exact) mass is 240 g/mol. The normalized spacial score (nSPS) is 9.89. The molecule has 0 spiro atoms. The van der Waals surface area contributed by atoms with Gasteiger partial charge < -0.3 is 10.6 Å². The summed E-state index contributed by atoms with van der Waals surface area (Å²) < 4.78 is 0. The molecule has 18 heavy (non-hydrogen) atoms. The molecule has 0 saturated carbocycles. The van der Waals surface area contributed by atoms with Crippen molar-refractivity contribution in [3.63, 3.8) is 0 Å². The molecule has 0 fully saturated rings. The topological polar surface area (TPSA) is 41.1 Å². The summed E-state index contributed by atoms with van der Waals surface area (Å²) in [5.74, 6) is -0.0942. The number of hydrogen-bond acceptors (Lipinski definition) is 2. The van der Waals surface area contributed by atoms with Crippen LogP contribution in [0.25, 0.3) is 0 Å². The van der Waals surface area contributed by atoms with Crippen LogP contribution in [0.5, 0.6) is 0 Å². The molecule has 0 aliphatic heterocycles. The van der Waals surface area contributed by atoms with Crippen LogP contribution >= 0.6 is 0 Å². The van der Waals surface area contributed by atoms with Gasteiger partial charge in [0.05, 0.1) is 0 Å². The first-order valence-electron chi connectivity index (χ1n) is 5.85. The van der Waals surface area contributed by atoms with Crippen molar-refractivity contribution in [3.8, 4) is 0 Å². The van der Waals surface area contributed by atoms with Gasteiger partial charge >= 0.3 is 0 Å². The molecule has 3 nitrogen and oxygen atoms in total. The van der Waals surface area contributed by atoms with Gasteiger partial charge in [0.25, 0.3) is 5.91 Å². The van der Waals surface area contributed by atoms with Crippen molar-refractivity contribution in [3.05, 3.63) is 59.7 Å². The number of rotatable bonds is 3. The van der Waals surface area contributed by atoms with Gasteiger partial charge in [0.2, 0.25) is 0 Å². The SMILES string of the molecule is CNc1ccc(C(=O)Nc2cccc(C)c2)cc1. The molecule has 0 unspecified atom stereocenters. The van der Waals surface area contributed by atoms with Crippen LogP contribution in [0.15, 0.2) is 48.5 Å². The van der Waals surface area contributed by atoms with Crippen molar-refractivity contribution >= 4 is 17.3 Å². The molecule has 0 saturated heterocycles. The second-order valence-corrected chi connectivity index (χ2v) is 4.15. The Labute approximate surface area is 107 Å². The first-order chi connectivity index (χ1) is 8.69.